The number of aromatic nitrogens is 4. The first kappa shape index (κ1) is 14.7. The maximum atomic E-state index is 11.9. The van der Waals surface area contributed by atoms with Crippen molar-refractivity contribution in [3.8, 4) is 11.4 Å². The normalized spacial score (nSPS) is 15.1. The molecule has 1 aliphatic rings. The van der Waals surface area contributed by atoms with Gasteiger partial charge in [-0.25, -0.2) is 4.98 Å². The molecule has 1 saturated carbocycles. The topological polar surface area (TPSA) is 83.6 Å². The fourth-order valence-electron chi connectivity index (χ4n) is 2.91. The van der Waals surface area contributed by atoms with Crippen LogP contribution in [-0.2, 0) is 11.3 Å². The predicted molar refractivity (Wildman–Crippen MR) is 82.7 cm³/mol. The van der Waals surface area contributed by atoms with Crippen molar-refractivity contribution in [2.45, 2.75) is 45.1 Å². The van der Waals surface area contributed by atoms with E-state index in [2.05, 4.69) is 25.5 Å². The van der Waals surface area contributed by atoms with Gasteiger partial charge >= 0.3 is 0 Å². The molecule has 2 heterocycles. The first-order chi connectivity index (χ1) is 10.8. The highest BCUT2D eigenvalue weighted by atomic mass is 16.1. The van der Waals surface area contributed by atoms with Crippen LogP contribution in [0.3, 0.4) is 0 Å². The lowest BCUT2D eigenvalue weighted by Crippen LogP contribution is -2.23. The van der Waals surface area contributed by atoms with Crippen LogP contribution in [0.2, 0.25) is 0 Å². The van der Waals surface area contributed by atoms with Crippen LogP contribution in [0.25, 0.3) is 11.4 Å². The van der Waals surface area contributed by atoms with Gasteiger partial charge in [-0.15, -0.1) is 0 Å². The van der Waals surface area contributed by atoms with E-state index in [0.717, 1.165) is 17.9 Å². The first-order valence-electron chi connectivity index (χ1n) is 7.89. The molecule has 22 heavy (non-hydrogen) atoms. The van der Waals surface area contributed by atoms with Crippen molar-refractivity contribution in [2.75, 3.05) is 0 Å². The lowest BCUT2D eigenvalue weighted by atomic mass is 10.0. The van der Waals surface area contributed by atoms with E-state index in [1.165, 1.54) is 25.7 Å². The summed E-state index contributed by atoms with van der Waals surface area (Å²) in [5.74, 6) is 2.13. The number of nitrogens with zero attached hydrogens (tertiary/aromatic N) is 3. The van der Waals surface area contributed by atoms with Gasteiger partial charge in [-0.3, -0.25) is 14.9 Å². The zero-order chi connectivity index (χ0) is 15.2. The fraction of sp³-hybridized carbons (Fsp3) is 0.500. The molecule has 116 valence electrons. The van der Waals surface area contributed by atoms with Crippen LogP contribution in [0.15, 0.2) is 24.5 Å². The smallest absolute Gasteiger partial charge is 0.220 e. The summed E-state index contributed by atoms with van der Waals surface area (Å²) in [5, 5.41) is 9.92. The molecule has 0 radical (unpaired) electrons. The van der Waals surface area contributed by atoms with Crippen molar-refractivity contribution >= 4 is 5.91 Å². The van der Waals surface area contributed by atoms with Crippen LogP contribution in [0.5, 0.6) is 0 Å². The second kappa shape index (κ2) is 7.15. The number of hydrogen-bond acceptors (Lipinski definition) is 4. The first-order valence-corrected chi connectivity index (χ1v) is 7.89. The van der Waals surface area contributed by atoms with Crippen molar-refractivity contribution in [1.82, 2.24) is 25.5 Å². The second-order valence-corrected chi connectivity index (χ2v) is 5.81. The van der Waals surface area contributed by atoms with E-state index in [4.69, 9.17) is 0 Å². The summed E-state index contributed by atoms with van der Waals surface area (Å²) in [6.07, 6.45) is 10.2. The second-order valence-electron chi connectivity index (χ2n) is 5.81. The highest BCUT2D eigenvalue weighted by Gasteiger charge is 2.16. The minimum atomic E-state index is 0.0914. The van der Waals surface area contributed by atoms with Gasteiger partial charge in [0, 0.05) is 24.4 Å². The number of rotatable bonds is 6. The third kappa shape index (κ3) is 3.90. The molecule has 2 N–H and O–H groups in total. The van der Waals surface area contributed by atoms with Crippen LogP contribution in [0, 0.1) is 5.92 Å². The van der Waals surface area contributed by atoms with E-state index in [9.17, 15) is 4.79 Å². The number of nitrogens with one attached hydrogen (secondary N) is 2. The summed E-state index contributed by atoms with van der Waals surface area (Å²) >= 11 is 0. The molecule has 0 spiro atoms. The Hall–Kier alpha value is -2.24. The molecule has 0 unspecified atom stereocenters. The third-order valence-electron chi connectivity index (χ3n) is 4.18. The molecular formula is C16H21N5O. The van der Waals surface area contributed by atoms with Gasteiger partial charge in [-0.2, -0.15) is 5.10 Å². The molecule has 0 aliphatic heterocycles. The van der Waals surface area contributed by atoms with Crippen molar-refractivity contribution in [1.29, 1.82) is 0 Å². The Balaban J connectivity index is 1.45. The molecule has 0 bridgehead atoms. The van der Waals surface area contributed by atoms with Crippen LogP contribution >= 0.6 is 0 Å². The SMILES string of the molecule is O=C(CCC1CCCC1)NCc1nc(-c2ccncc2)n[nH]1. The van der Waals surface area contributed by atoms with Crippen molar-refractivity contribution in [3.63, 3.8) is 0 Å². The number of carbonyl (C=O) groups excluding carboxylic acids is 1. The number of carbonyl (C=O) groups is 1. The molecule has 1 amide bonds. The Morgan fingerprint density at radius 2 is 2.05 bits per heavy atom. The van der Waals surface area contributed by atoms with E-state index in [-0.39, 0.29) is 5.91 Å². The highest BCUT2D eigenvalue weighted by Crippen LogP contribution is 2.28. The molecule has 2 aromatic heterocycles. The van der Waals surface area contributed by atoms with Gasteiger partial charge in [0.2, 0.25) is 5.91 Å². The van der Waals surface area contributed by atoms with Gasteiger partial charge < -0.3 is 5.32 Å². The average Bonchev–Trinajstić information content (AvgIpc) is 3.23. The molecule has 1 aliphatic carbocycles. The Kier molecular flexibility index (Phi) is 4.78. The molecule has 0 aromatic carbocycles. The lowest BCUT2D eigenvalue weighted by molar-refractivity contribution is -0.121. The van der Waals surface area contributed by atoms with Gasteiger partial charge in [0.15, 0.2) is 5.82 Å². The van der Waals surface area contributed by atoms with E-state index < -0.39 is 0 Å². The summed E-state index contributed by atoms with van der Waals surface area (Å²) in [5.41, 5.74) is 0.907. The lowest BCUT2D eigenvalue weighted by Gasteiger charge is -2.08. The van der Waals surface area contributed by atoms with Gasteiger partial charge in [-0.05, 0) is 24.5 Å². The van der Waals surface area contributed by atoms with Gasteiger partial charge in [0.1, 0.15) is 5.82 Å². The fourth-order valence-corrected chi connectivity index (χ4v) is 2.91. The standard InChI is InChI=1S/C16H21N5O/c22-15(6-5-12-3-1-2-4-12)18-11-14-19-16(21-20-14)13-7-9-17-10-8-13/h7-10,12H,1-6,11H2,(H,18,22)(H,19,20,21). The Morgan fingerprint density at radius 3 is 2.82 bits per heavy atom. The minimum absolute atomic E-state index is 0.0914. The molecule has 0 atom stereocenters. The van der Waals surface area contributed by atoms with E-state index >= 15 is 0 Å². The molecule has 6 nitrogen and oxygen atoms in total. The monoisotopic (exact) mass is 299 g/mol. The van der Waals surface area contributed by atoms with Crippen LogP contribution in [-0.4, -0.2) is 26.1 Å². The summed E-state index contributed by atoms with van der Waals surface area (Å²) in [7, 11) is 0. The van der Waals surface area contributed by atoms with Crippen LogP contribution in [0.1, 0.15) is 44.3 Å². The predicted octanol–water partition coefficient (Wildman–Crippen LogP) is 2.45. The summed E-state index contributed by atoms with van der Waals surface area (Å²) < 4.78 is 0. The van der Waals surface area contributed by atoms with Crippen molar-refractivity contribution in [2.24, 2.45) is 5.92 Å². The molecular weight excluding hydrogens is 278 g/mol. The molecule has 1 fully saturated rings. The number of aromatic amines is 1. The zero-order valence-corrected chi connectivity index (χ0v) is 12.6. The van der Waals surface area contributed by atoms with Crippen molar-refractivity contribution in [3.05, 3.63) is 30.4 Å². The van der Waals surface area contributed by atoms with Crippen molar-refractivity contribution < 1.29 is 4.79 Å². The number of amides is 1. The van der Waals surface area contributed by atoms with E-state index in [0.29, 0.717) is 24.6 Å². The largest absolute Gasteiger partial charge is 0.349 e. The van der Waals surface area contributed by atoms with E-state index in [1.807, 2.05) is 12.1 Å². The Labute approximate surface area is 129 Å². The average molecular weight is 299 g/mol. The molecule has 0 saturated heterocycles. The summed E-state index contributed by atoms with van der Waals surface area (Å²) in [6.45, 7) is 0.390. The summed E-state index contributed by atoms with van der Waals surface area (Å²) in [6, 6.07) is 3.71. The Morgan fingerprint density at radius 1 is 1.27 bits per heavy atom. The quantitative estimate of drug-likeness (QED) is 0.858. The minimum Gasteiger partial charge on any atom is -0.349 e. The van der Waals surface area contributed by atoms with Gasteiger partial charge in [0.05, 0.1) is 6.54 Å². The number of pyridine rings is 1. The third-order valence-corrected chi connectivity index (χ3v) is 4.18. The maximum Gasteiger partial charge on any atom is 0.220 e. The Bertz CT molecular complexity index is 604. The zero-order valence-electron chi connectivity index (χ0n) is 12.6. The maximum absolute atomic E-state index is 11.9. The summed E-state index contributed by atoms with van der Waals surface area (Å²) in [4.78, 5) is 20.2. The number of hydrogen-bond donors (Lipinski definition) is 2. The highest BCUT2D eigenvalue weighted by molar-refractivity contribution is 5.75. The number of H-pyrrole nitrogens is 1. The van der Waals surface area contributed by atoms with Crippen LogP contribution < -0.4 is 5.32 Å². The van der Waals surface area contributed by atoms with Gasteiger partial charge in [-0.1, -0.05) is 25.7 Å². The molecule has 3 rings (SSSR count). The molecule has 2 aromatic rings. The van der Waals surface area contributed by atoms with Crippen LogP contribution in [0.4, 0.5) is 0 Å². The van der Waals surface area contributed by atoms with E-state index in [1.54, 1.807) is 12.4 Å². The van der Waals surface area contributed by atoms with Gasteiger partial charge in [0.25, 0.3) is 0 Å². The molecule has 6 heteroatoms.